The molecule has 0 amide bonds. The largest absolute Gasteiger partial charge is 0.383 e. The molecule has 0 atom stereocenters. The van der Waals surface area contributed by atoms with Crippen molar-refractivity contribution in [1.82, 2.24) is 0 Å². The van der Waals surface area contributed by atoms with Crippen LogP contribution in [-0.4, -0.2) is 12.1 Å². The molecule has 0 bridgehead atoms. The fraction of sp³-hybridized carbons (Fsp3) is 0.0435. The van der Waals surface area contributed by atoms with E-state index in [4.69, 9.17) is 5.73 Å². The Balaban J connectivity index is 1.99. The Morgan fingerprint density at radius 1 is 0.846 bits per heavy atom. The molecule has 2 N–H and O–H groups in total. The number of hydrogen-bond donors (Lipinski definition) is 1. The maximum atomic E-state index is 11.1. The summed E-state index contributed by atoms with van der Waals surface area (Å²) < 4.78 is 0. The molecule has 0 aliphatic carbocycles. The van der Waals surface area contributed by atoms with Gasteiger partial charge in [0.2, 0.25) is 0 Å². The highest BCUT2D eigenvalue weighted by atomic mass is 16.1. The Morgan fingerprint density at radius 3 is 2.19 bits per heavy atom. The molecule has 3 heteroatoms. The number of aldehydes is 1. The molecule has 128 valence electrons. The number of amidine groups is 1. The minimum Gasteiger partial charge on any atom is -0.383 e. The van der Waals surface area contributed by atoms with Crippen LogP contribution in [-0.2, 0) is 6.42 Å². The fourth-order valence-corrected chi connectivity index (χ4v) is 2.63. The number of nitrogens with two attached hydrogens (primary N) is 1. The van der Waals surface area contributed by atoms with Gasteiger partial charge in [0.05, 0.1) is 5.70 Å². The van der Waals surface area contributed by atoms with Gasteiger partial charge in [0.1, 0.15) is 12.1 Å². The first kappa shape index (κ1) is 17.4. The van der Waals surface area contributed by atoms with Crippen LogP contribution in [0.5, 0.6) is 0 Å². The van der Waals surface area contributed by atoms with E-state index in [2.05, 4.69) is 17.1 Å². The van der Waals surface area contributed by atoms with E-state index in [1.807, 2.05) is 72.8 Å². The second-order valence-electron chi connectivity index (χ2n) is 5.89. The van der Waals surface area contributed by atoms with Gasteiger partial charge in [-0.05, 0) is 18.1 Å². The first-order valence-electron chi connectivity index (χ1n) is 8.45. The fourth-order valence-electron chi connectivity index (χ4n) is 2.63. The lowest BCUT2D eigenvalue weighted by atomic mass is 10.1. The molecule has 0 saturated heterocycles. The predicted molar refractivity (Wildman–Crippen MR) is 107 cm³/mol. The summed E-state index contributed by atoms with van der Waals surface area (Å²) >= 11 is 0. The van der Waals surface area contributed by atoms with Crippen molar-refractivity contribution in [3.8, 4) is 0 Å². The lowest BCUT2D eigenvalue weighted by Crippen LogP contribution is -2.13. The van der Waals surface area contributed by atoms with Crippen LogP contribution in [0, 0.1) is 0 Å². The number of aliphatic imine (C=N–C) groups is 1. The summed E-state index contributed by atoms with van der Waals surface area (Å²) in [4.78, 5) is 15.8. The van der Waals surface area contributed by atoms with Crippen LogP contribution < -0.4 is 5.73 Å². The lowest BCUT2D eigenvalue weighted by Gasteiger charge is -2.07. The first-order chi connectivity index (χ1) is 12.8. The zero-order valence-corrected chi connectivity index (χ0v) is 14.4. The highest BCUT2D eigenvalue weighted by Gasteiger charge is 2.05. The van der Waals surface area contributed by atoms with Crippen molar-refractivity contribution in [3.63, 3.8) is 0 Å². The molecule has 0 aliphatic heterocycles. The monoisotopic (exact) mass is 340 g/mol. The Bertz CT molecular complexity index is 929. The number of carbonyl (C=O) groups is 1. The number of benzene rings is 3. The smallest absolute Gasteiger partial charge is 0.150 e. The molecule has 0 aromatic heterocycles. The van der Waals surface area contributed by atoms with Crippen LogP contribution in [0.4, 0.5) is 0 Å². The van der Waals surface area contributed by atoms with Gasteiger partial charge in [-0.2, -0.15) is 0 Å². The van der Waals surface area contributed by atoms with Crippen LogP contribution in [0.3, 0.4) is 0 Å². The van der Waals surface area contributed by atoms with E-state index in [1.165, 1.54) is 5.56 Å². The van der Waals surface area contributed by atoms with E-state index in [-0.39, 0.29) is 0 Å². The summed E-state index contributed by atoms with van der Waals surface area (Å²) in [6.07, 6.45) is 3.60. The zero-order chi connectivity index (χ0) is 18.2. The zero-order valence-electron chi connectivity index (χ0n) is 14.4. The first-order valence-corrected chi connectivity index (χ1v) is 8.45. The van der Waals surface area contributed by atoms with Gasteiger partial charge in [-0.3, -0.25) is 4.79 Å². The second kappa shape index (κ2) is 8.58. The molecular formula is C23H20N2O. The minimum absolute atomic E-state index is 0.446. The van der Waals surface area contributed by atoms with E-state index in [9.17, 15) is 4.79 Å². The molecule has 0 heterocycles. The van der Waals surface area contributed by atoms with Crippen LogP contribution >= 0.6 is 0 Å². The van der Waals surface area contributed by atoms with Gasteiger partial charge in [-0.15, -0.1) is 0 Å². The summed E-state index contributed by atoms with van der Waals surface area (Å²) in [5, 5.41) is 0. The Morgan fingerprint density at radius 2 is 1.50 bits per heavy atom. The average Bonchev–Trinajstić information content (AvgIpc) is 2.72. The maximum Gasteiger partial charge on any atom is 0.150 e. The molecular weight excluding hydrogens is 320 g/mol. The van der Waals surface area contributed by atoms with Gasteiger partial charge in [-0.1, -0.05) is 84.9 Å². The lowest BCUT2D eigenvalue weighted by molar-refractivity contribution is 0.112. The second-order valence-corrected chi connectivity index (χ2v) is 5.89. The van der Waals surface area contributed by atoms with Crippen molar-refractivity contribution >= 4 is 17.8 Å². The standard InChI is InChI=1S/C23H20N2O/c24-23(20-11-5-2-6-12-20)25-22(15-14-18-8-3-1-4-9-18)21-13-7-10-19(16-21)17-26/h1-13,15-17H,14H2,(H2,24,25)/b22-15-. The van der Waals surface area contributed by atoms with E-state index in [0.29, 0.717) is 11.4 Å². The Hall–Kier alpha value is -3.46. The third-order valence-corrected chi connectivity index (χ3v) is 4.00. The highest BCUT2D eigenvalue weighted by molar-refractivity contribution is 6.00. The Labute approximate surface area is 153 Å². The normalized spacial score (nSPS) is 12.0. The van der Waals surface area contributed by atoms with Gasteiger partial charge >= 0.3 is 0 Å². The molecule has 0 fully saturated rings. The SMILES string of the molecule is NC(=N/C(=C\Cc1ccccc1)c1cccc(C=O)c1)c1ccccc1. The molecule has 3 aromatic carbocycles. The molecule has 26 heavy (non-hydrogen) atoms. The third kappa shape index (κ3) is 4.54. The van der Waals surface area contributed by atoms with Crippen LogP contribution in [0.25, 0.3) is 5.70 Å². The van der Waals surface area contributed by atoms with E-state index in [0.717, 1.165) is 29.5 Å². The van der Waals surface area contributed by atoms with Gasteiger partial charge in [-0.25, -0.2) is 4.99 Å². The molecule has 0 saturated carbocycles. The van der Waals surface area contributed by atoms with Crippen molar-refractivity contribution in [2.45, 2.75) is 6.42 Å². The number of nitrogens with zero attached hydrogens (tertiary/aromatic N) is 1. The summed E-state index contributed by atoms with van der Waals surface area (Å²) in [5.74, 6) is 0.446. The van der Waals surface area contributed by atoms with Gasteiger partial charge in [0.25, 0.3) is 0 Å². The molecule has 0 radical (unpaired) electrons. The molecule has 3 rings (SSSR count). The maximum absolute atomic E-state index is 11.1. The number of allylic oxidation sites excluding steroid dienone is 1. The quantitative estimate of drug-likeness (QED) is 0.408. The van der Waals surface area contributed by atoms with E-state index < -0.39 is 0 Å². The summed E-state index contributed by atoms with van der Waals surface area (Å²) in [5.41, 5.74) is 10.5. The third-order valence-electron chi connectivity index (χ3n) is 4.00. The van der Waals surface area contributed by atoms with Crippen molar-refractivity contribution in [3.05, 3.63) is 113 Å². The van der Waals surface area contributed by atoms with Crippen LogP contribution in [0.1, 0.15) is 27.0 Å². The van der Waals surface area contributed by atoms with E-state index in [1.54, 1.807) is 6.07 Å². The van der Waals surface area contributed by atoms with Crippen molar-refractivity contribution in [1.29, 1.82) is 0 Å². The van der Waals surface area contributed by atoms with E-state index >= 15 is 0 Å². The minimum atomic E-state index is 0.446. The Kier molecular flexibility index (Phi) is 5.73. The van der Waals surface area contributed by atoms with Crippen LogP contribution in [0.2, 0.25) is 0 Å². The number of hydrogen-bond acceptors (Lipinski definition) is 2. The van der Waals surface area contributed by atoms with Crippen molar-refractivity contribution in [2.75, 3.05) is 0 Å². The number of carbonyl (C=O) groups excluding carboxylic acids is 1. The summed E-state index contributed by atoms with van der Waals surface area (Å²) in [6, 6.07) is 27.2. The molecule has 0 aliphatic rings. The molecule has 3 aromatic rings. The van der Waals surface area contributed by atoms with Crippen molar-refractivity contribution < 1.29 is 4.79 Å². The number of rotatable bonds is 6. The molecule has 0 spiro atoms. The topological polar surface area (TPSA) is 55.4 Å². The van der Waals surface area contributed by atoms with Gasteiger partial charge in [0.15, 0.2) is 0 Å². The summed E-state index contributed by atoms with van der Waals surface area (Å²) in [6.45, 7) is 0. The predicted octanol–water partition coefficient (Wildman–Crippen LogP) is 4.49. The van der Waals surface area contributed by atoms with Crippen LogP contribution in [0.15, 0.2) is 96.0 Å². The van der Waals surface area contributed by atoms with Gasteiger partial charge in [0, 0.05) is 16.7 Å². The van der Waals surface area contributed by atoms with Gasteiger partial charge < -0.3 is 5.73 Å². The highest BCUT2D eigenvalue weighted by Crippen LogP contribution is 2.19. The summed E-state index contributed by atoms with van der Waals surface area (Å²) in [7, 11) is 0. The van der Waals surface area contributed by atoms with Crippen molar-refractivity contribution in [2.24, 2.45) is 10.7 Å². The average molecular weight is 340 g/mol. The molecule has 0 unspecified atom stereocenters. The molecule has 3 nitrogen and oxygen atoms in total.